The van der Waals surface area contributed by atoms with Gasteiger partial charge in [0, 0.05) is 54.3 Å². The van der Waals surface area contributed by atoms with E-state index in [-0.39, 0.29) is 12.0 Å². The molecular weight excluding hydrogens is 462 g/mol. The number of nitrogens with one attached hydrogen (secondary N) is 1. The average molecular weight is 502 g/mol. The minimum Gasteiger partial charge on any atom is -0.444 e. The summed E-state index contributed by atoms with van der Waals surface area (Å²) in [5.41, 5.74) is 5.34. The number of benzene rings is 2. The summed E-state index contributed by atoms with van der Waals surface area (Å²) in [4.78, 5) is 27.1. The van der Waals surface area contributed by atoms with Crippen molar-refractivity contribution in [3.63, 3.8) is 0 Å². The maximum absolute atomic E-state index is 13.0. The highest BCUT2D eigenvalue weighted by atomic mass is 16.6. The molecule has 6 heteroatoms. The quantitative estimate of drug-likeness (QED) is 0.434. The molecule has 0 unspecified atom stereocenters. The normalized spacial score (nSPS) is 16.7. The van der Waals surface area contributed by atoms with Crippen LogP contribution in [0.5, 0.6) is 0 Å². The monoisotopic (exact) mass is 501 g/mol. The molecule has 0 atom stereocenters. The van der Waals surface area contributed by atoms with Crippen LogP contribution >= 0.6 is 0 Å². The van der Waals surface area contributed by atoms with Crippen LogP contribution in [0.4, 0.5) is 4.79 Å². The first-order valence-corrected chi connectivity index (χ1v) is 13.6. The van der Waals surface area contributed by atoms with E-state index in [1.807, 2.05) is 32.9 Å². The molecule has 1 aliphatic heterocycles. The van der Waals surface area contributed by atoms with E-state index >= 15 is 0 Å². The van der Waals surface area contributed by atoms with Crippen molar-refractivity contribution in [1.29, 1.82) is 0 Å². The molecule has 5 rings (SSSR count). The molecule has 1 saturated heterocycles. The van der Waals surface area contributed by atoms with E-state index in [4.69, 9.17) is 4.74 Å². The summed E-state index contributed by atoms with van der Waals surface area (Å²) in [6.07, 6.45) is 4.83. The Labute approximate surface area is 220 Å². The molecule has 2 amide bonds. The van der Waals surface area contributed by atoms with Gasteiger partial charge in [-0.05, 0) is 89.1 Å². The van der Waals surface area contributed by atoms with Crippen molar-refractivity contribution >= 4 is 22.9 Å². The minimum absolute atomic E-state index is 0.0317. The molecule has 0 bridgehead atoms. The average Bonchev–Trinajstić information content (AvgIpc) is 3.63. The third-order valence-corrected chi connectivity index (χ3v) is 7.42. The van der Waals surface area contributed by atoms with Crippen LogP contribution in [0.25, 0.3) is 10.9 Å². The van der Waals surface area contributed by atoms with E-state index < -0.39 is 5.60 Å². The van der Waals surface area contributed by atoms with Gasteiger partial charge < -0.3 is 19.5 Å². The van der Waals surface area contributed by atoms with Crippen molar-refractivity contribution in [3.8, 4) is 0 Å². The topological polar surface area (TPSA) is 63.6 Å². The standard InChI is InChI=1S/C31H39N3O3/c1-21-5-7-22(8-6-21)17-27-19-25-18-24(9-12-28(25)34(27)26-10-11-26)29(35)32-20-23-13-15-33(16-14-23)30(36)37-31(2,3)4/h5-9,12,18-19,23,26H,10-11,13-17,20H2,1-4H3,(H,32,35). The lowest BCUT2D eigenvalue weighted by atomic mass is 9.97. The Bertz CT molecular complexity index is 1270. The second-order valence-electron chi connectivity index (χ2n) is 11.8. The van der Waals surface area contributed by atoms with Crippen molar-refractivity contribution in [2.24, 2.45) is 5.92 Å². The first kappa shape index (κ1) is 25.4. The number of piperidine rings is 1. The first-order valence-electron chi connectivity index (χ1n) is 13.6. The molecule has 2 aliphatic rings. The lowest BCUT2D eigenvalue weighted by Crippen LogP contribution is -2.43. The molecule has 2 heterocycles. The highest BCUT2D eigenvalue weighted by molar-refractivity contribution is 5.98. The molecule has 6 nitrogen and oxygen atoms in total. The first-order chi connectivity index (χ1) is 17.7. The summed E-state index contributed by atoms with van der Waals surface area (Å²) in [7, 11) is 0. The largest absolute Gasteiger partial charge is 0.444 e. The number of amides is 2. The summed E-state index contributed by atoms with van der Waals surface area (Å²) >= 11 is 0. The van der Waals surface area contributed by atoms with E-state index in [1.54, 1.807) is 4.90 Å². The number of nitrogens with zero attached hydrogens (tertiary/aromatic N) is 2. The van der Waals surface area contributed by atoms with E-state index in [0.717, 1.165) is 24.6 Å². The van der Waals surface area contributed by atoms with E-state index in [1.165, 1.54) is 35.2 Å². The Kier molecular flexibility index (Phi) is 7.02. The maximum atomic E-state index is 13.0. The van der Waals surface area contributed by atoms with E-state index in [9.17, 15) is 9.59 Å². The lowest BCUT2D eigenvalue weighted by molar-refractivity contribution is 0.0183. The Hall–Kier alpha value is -3.28. The van der Waals surface area contributed by atoms with Gasteiger partial charge >= 0.3 is 6.09 Å². The van der Waals surface area contributed by atoms with Gasteiger partial charge in [0.25, 0.3) is 5.91 Å². The van der Waals surface area contributed by atoms with Crippen molar-refractivity contribution in [2.45, 2.75) is 71.4 Å². The van der Waals surface area contributed by atoms with Gasteiger partial charge in [-0.2, -0.15) is 0 Å². The number of rotatable bonds is 6. The van der Waals surface area contributed by atoms with Gasteiger partial charge in [-0.15, -0.1) is 0 Å². The Morgan fingerprint density at radius 2 is 1.68 bits per heavy atom. The predicted octanol–water partition coefficient (Wildman–Crippen LogP) is 6.25. The summed E-state index contributed by atoms with van der Waals surface area (Å²) < 4.78 is 7.97. The third kappa shape index (κ3) is 6.17. The lowest BCUT2D eigenvalue weighted by Gasteiger charge is -2.33. The van der Waals surface area contributed by atoms with Crippen LogP contribution in [0, 0.1) is 12.8 Å². The zero-order valence-electron chi connectivity index (χ0n) is 22.5. The molecule has 0 radical (unpaired) electrons. The number of aryl methyl sites for hydroxylation is 1. The fraction of sp³-hybridized carbons (Fsp3) is 0.484. The summed E-state index contributed by atoms with van der Waals surface area (Å²) in [5.74, 6) is 0.333. The minimum atomic E-state index is -0.482. The van der Waals surface area contributed by atoms with Crippen LogP contribution < -0.4 is 5.32 Å². The van der Waals surface area contributed by atoms with E-state index in [0.29, 0.717) is 37.2 Å². The number of hydrogen-bond donors (Lipinski definition) is 1. The SMILES string of the molecule is Cc1ccc(Cc2cc3cc(C(=O)NCC4CCN(C(=O)OC(C)(C)C)CC4)ccc3n2C2CC2)cc1. The second-order valence-corrected chi connectivity index (χ2v) is 11.8. The third-order valence-electron chi connectivity index (χ3n) is 7.42. The number of aromatic nitrogens is 1. The molecule has 3 aromatic rings. The van der Waals surface area contributed by atoms with Crippen LogP contribution in [0.1, 0.15) is 79.7 Å². The van der Waals surface area contributed by atoms with Gasteiger partial charge in [-0.3, -0.25) is 4.79 Å². The molecule has 2 fully saturated rings. The van der Waals surface area contributed by atoms with Gasteiger partial charge in [-0.1, -0.05) is 29.8 Å². The van der Waals surface area contributed by atoms with Crippen LogP contribution in [0.15, 0.2) is 48.5 Å². The maximum Gasteiger partial charge on any atom is 0.410 e. The van der Waals surface area contributed by atoms with Crippen molar-refractivity contribution in [1.82, 2.24) is 14.8 Å². The van der Waals surface area contributed by atoms with Gasteiger partial charge in [-0.25, -0.2) is 4.79 Å². The van der Waals surface area contributed by atoms with Crippen LogP contribution in [0.2, 0.25) is 0 Å². The van der Waals surface area contributed by atoms with Gasteiger partial charge in [0.15, 0.2) is 0 Å². The second kappa shape index (κ2) is 10.2. The molecule has 1 aliphatic carbocycles. The fourth-order valence-corrected chi connectivity index (χ4v) is 5.23. The number of carbonyl (C=O) groups is 2. The molecule has 196 valence electrons. The van der Waals surface area contributed by atoms with Crippen molar-refractivity contribution in [3.05, 3.63) is 70.9 Å². The number of fused-ring (bicyclic) bond motifs is 1. The Morgan fingerprint density at radius 3 is 2.32 bits per heavy atom. The number of ether oxygens (including phenoxy) is 1. The predicted molar refractivity (Wildman–Crippen MR) is 147 cm³/mol. The molecule has 1 N–H and O–H groups in total. The molecule has 2 aromatic carbocycles. The summed E-state index contributed by atoms with van der Waals surface area (Å²) in [6.45, 7) is 9.73. The van der Waals surface area contributed by atoms with Crippen LogP contribution in [-0.4, -0.2) is 46.7 Å². The Balaban J connectivity index is 1.21. The molecule has 1 saturated carbocycles. The zero-order chi connectivity index (χ0) is 26.2. The number of carbonyl (C=O) groups excluding carboxylic acids is 2. The van der Waals surface area contributed by atoms with Crippen LogP contribution in [-0.2, 0) is 11.2 Å². The van der Waals surface area contributed by atoms with E-state index in [2.05, 4.69) is 53.2 Å². The summed E-state index contributed by atoms with van der Waals surface area (Å²) in [6, 6.07) is 17.7. The molecule has 37 heavy (non-hydrogen) atoms. The molecular formula is C31H39N3O3. The van der Waals surface area contributed by atoms with Gasteiger partial charge in [0.2, 0.25) is 0 Å². The highest BCUT2D eigenvalue weighted by Crippen LogP contribution is 2.40. The Morgan fingerprint density at radius 1 is 0.973 bits per heavy atom. The van der Waals surface area contributed by atoms with Crippen molar-refractivity contribution in [2.75, 3.05) is 19.6 Å². The van der Waals surface area contributed by atoms with Gasteiger partial charge in [0.1, 0.15) is 5.60 Å². The van der Waals surface area contributed by atoms with Crippen LogP contribution in [0.3, 0.4) is 0 Å². The molecule has 0 spiro atoms. The number of hydrogen-bond acceptors (Lipinski definition) is 3. The van der Waals surface area contributed by atoms with Crippen molar-refractivity contribution < 1.29 is 14.3 Å². The summed E-state index contributed by atoms with van der Waals surface area (Å²) in [5, 5.41) is 4.27. The molecule has 1 aromatic heterocycles. The fourth-order valence-electron chi connectivity index (χ4n) is 5.23. The zero-order valence-corrected chi connectivity index (χ0v) is 22.5. The number of likely N-dealkylation sites (tertiary alicyclic amines) is 1. The highest BCUT2D eigenvalue weighted by Gasteiger charge is 2.29. The van der Waals surface area contributed by atoms with Gasteiger partial charge in [0.05, 0.1) is 0 Å². The smallest absolute Gasteiger partial charge is 0.410 e.